The average molecular weight is 311 g/mol. The second-order valence-electron chi connectivity index (χ2n) is 4.91. The molecule has 0 spiro atoms. The minimum atomic E-state index is -3.41. The third-order valence-corrected chi connectivity index (χ3v) is 4.39. The lowest BCUT2D eigenvalue weighted by Gasteiger charge is -2.16. The molecule has 0 bridgehead atoms. The number of aryl methyl sites for hydroxylation is 1. The van der Waals surface area contributed by atoms with E-state index in [2.05, 4.69) is 0 Å². The van der Waals surface area contributed by atoms with Gasteiger partial charge in [0, 0.05) is 11.8 Å². The molecule has 2 rings (SSSR count). The molecule has 0 radical (unpaired) electrons. The standard InChI is InChI=1S/C15H15F2NO2S/c1-9-6-7-12(16)13(14(9)17)15(18)10-4-3-5-11(8-10)21(2,19)20/h3-8,15H,18H2,1-2H3. The number of benzene rings is 2. The summed E-state index contributed by atoms with van der Waals surface area (Å²) in [6.45, 7) is 1.51. The number of halogens is 2. The Kier molecular flexibility index (Phi) is 4.11. The number of nitrogens with two attached hydrogens (primary N) is 1. The molecule has 0 saturated carbocycles. The second-order valence-corrected chi connectivity index (χ2v) is 6.93. The van der Waals surface area contributed by atoms with Crippen LogP contribution in [-0.4, -0.2) is 14.7 Å². The van der Waals surface area contributed by atoms with Gasteiger partial charge in [0.2, 0.25) is 0 Å². The van der Waals surface area contributed by atoms with Gasteiger partial charge in [0.25, 0.3) is 0 Å². The Morgan fingerprint density at radius 2 is 1.81 bits per heavy atom. The van der Waals surface area contributed by atoms with Crippen LogP contribution in [0.3, 0.4) is 0 Å². The Balaban J connectivity index is 2.56. The van der Waals surface area contributed by atoms with Crippen LogP contribution in [0, 0.1) is 18.6 Å². The van der Waals surface area contributed by atoms with Crippen LogP contribution in [0.15, 0.2) is 41.3 Å². The van der Waals surface area contributed by atoms with Gasteiger partial charge in [-0.05, 0) is 36.2 Å². The zero-order chi connectivity index (χ0) is 15.8. The van der Waals surface area contributed by atoms with Gasteiger partial charge in [-0.1, -0.05) is 18.2 Å². The quantitative estimate of drug-likeness (QED) is 0.948. The highest BCUT2D eigenvalue weighted by Gasteiger charge is 2.21. The summed E-state index contributed by atoms with van der Waals surface area (Å²) >= 11 is 0. The molecular formula is C15H15F2NO2S. The first kappa shape index (κ1) is 15.6. The number of hydrogen-bond acceptors (Lipinski definition) is 3. The van der Waals surface area contributed by atoms with Gasteiger partial charge in [0.05, 0.1) is 10.9 Å². The highest BCUT2D eigenvalue weighted by atomic mass is 32.2. The number of hydrogen-bond donors (Lipinski definition) is 1. The molecule has 2 aromatic rings. The van der Waals surface area contributed by atoms with Crippen molar-refractivity contribution >= 4 is 9.84 Å². The summed E-state index contributed by atoms with van der Waals surface area (Å²) in [4.78, 5) is 0.0592. The van der Waals surface area contributed by atoms with Crippen LogP contribution in [0.1, 0.15) is 22.7 Å². The van der Waals surface area contributed by atoms with Crippen molar-refractivity contribution < 1.29 is 17.2 Å². The van der Waals surface area contributed by atoms with E-state index in [4.69, 9.17) is 5.73 Å². The van der Waals surface area contributed by atoms with Crippen LogP contribution < -0.4 is 5.73 Å². The molecule has 0 aromatic heterocycles. The van der Waals surface area contributed by atoms with E-state index in [0.29, 0.717) is 5.56 Å². The van der Waals surface area contributed by atoms with Crippen LogP contribution in [0.25, 0.3) is 0 Å². The summed E-state index contributed by atoms with van der Waals surface area (Å²) in [6.07, 6.45) is 1.06. The van der Waals surface area contributed by atoms with E-state index in [1.165, 1.54) is 31.2 Å². The van der Waals surface area contributed by atoms with Crippen LogP contribution in [-0.2, 0) is 9.84 Å². The summed E-state index contributed by atoms with van der Waals surface area (Å²) in [5, 5.41) is 0. The Hall–Kier alpha value is -1.79. The molecule has 1 unspecified atom stereocenters. The highest BCUT2D eigenvalue weighted by Crippen LogP contribution is 2.27. The Labute approximate surface area is 122 Å². The summed E-state index contributed by atoms with van der Waals surface area (Å²) in [5.41, 5.74) is 6.27. The van der Waals surface area contributed by atoms with Gasteiger partial charge in [-0.15, -0.1) is 0 Å². The molecular weight excluding hydrogens is 296 g/mol. The molecule has 3 nitrogen and oxygen atoms in total. The highest BCUT2D eigenvalue weighted by molar-refractivity contribution is 7.90. The van der Waals surface area contributed by atoms with E-state index in [0.717, 1.165) is 12.3 Å². The van der Waals surface area contributed by atoms with Crippen molar-refractivity contribution in [1.29, 1.82) is 0 Å². The van der Waals surface area contributed by atoms with E-state index < -0.39 is 27.5 Å². The van der Waals surface area contributed by atoms with E-state index in [-0.39, 0.29) is 16.0 Å². The first-order valence-electron chi connectivity index (χ1n) is 6.22. The second kappa shape index (κ2) is 5.54. The minimum Gasteiger partial charge on any atom is -0.320 e. The number of sulfone groups is 1. The zero-order valence-corrected chi connectivity index (χ0v) is 12.4. The molecule has 2 aromatic carbocycles. The molecule has 2 N–H and O–H groups in total. The molecule has 0 amide bonds. The van der Waals surface area contributed by atoms with Crippen molar-refractivity contribution in [3.05, 3.63) is 64.7 Å². The summed E-state index contributed by atoms with van der Waals surface area (Å²) < 4.78 is 51.0. The fourth-order valence-corrected chi connectivity index (χ4v) is 2.74. The maximum atomic E-state index is 14.1. The largest absolute Gasteiger partial charge is 0.320 e. The lowest BCUT2D eigenvalue weighted by atomic mass is 9.97. The lowest BCUT2D eigenvalue weighted by Crippen LogP contribution is -2.17. The molecule has 6 heteroatoms. The monoisotopic (exact) mass is 311 g/mol. The van der Waals surface area contributed by atoms with Gasteiger partial charge < -0.3 is 5.73 Å². The summed E-state index contributed by atoms with van der Waals surface area (Å²) in [5.74, 6) is -1.47. The normalized spacial score (nSPS) is 13.2. The van der Waals surface area contributed by atoms with Crippen molar-refractivity contribution in [3.63, 3.8) is 0 Å². The fraction of sp³-hybridized carbons (Fsp3) is 0.200. The van der Waals surface area contributed by atoms with Gasteiger partial charge in [0.1, 0.15) is 11.6 Å². The molecule has 0 heterocycles. The lowest BCUT2D eigenvalue weighted by molar-refractivity contribution is 0.538. The first-order chi connectivity index (χ1) is 9.71. The van der Waals surface area contributed by atoms with Crippen LogP contribution in [0.2, 0.25) is 0 Å². The van der Waals surface area contributed by atoms with Crippen molar-refractivity contribution in [2.75, 3.05) is 6.26 Å². The van der Waals surface area contributed by atoms with Crippen molar-refractivity contribution in [2.24, 2.45) is 5.73 Å². The van der Waals surface area contributed by atoms with E-state index in [1.54, 1.807) is 6.07 Å². The fourth-order valence-electron chi connectivity index (χ4n) is 2.07. The predicted molar refractivity (Wildman–Crippen MR) is 76.7 cm³/mol. The van der Waals surface area contributed by atoms with Crippen LogP contribution >= 0.6 is 0 Å². The minimum absolute atomic E-state index is 0.0592. The zero-order valence-electron chi connectivity index (χ0n) is 11.6. The summed E-state index contributed by atoms with van der Waals surface area (Å²) in [7, 11) is -3.41. The maximum absolute atomic E-state index is 14.1. The Morgan fingerprint density at radius 3 is 2.43 bits per heavy atom. The van der Waals surface area contributed by atoms with Crippen LogP contribution in [0.4, 0.5) is 8.78 Å². The molecule has 112 valence electrons. The van der Waals surface area contributed by atoms with Crippen molar-refractivity contribution in [3.8, 4) is 0 Å². The van der Waals surface area contributed by atoms with Gasteiger partial charge in [-0.25, -0.2) is 17.2 Å². The molecule has 0 aliphatic carbocycles. The Bertz CT molecular complexity index is 788. The van der Waals surface area contributed by atoms with Crippen LogP contribution in [0.5, 0.6) is 0 Å². The van der Waals surface area contributed by atoms with Gasteiger partial charge >= 0.3 is 0 Å². The van der Waals surface area contributed by atoms with Gasteiger partial charge in [-0.2, -0.15) is 0 Å². The molecule has 0 aliphatic heterocycles. The first-order valence-corrected chi connectivity index (χ1v) is 8.11. The predicted octanol–water partition coefficient (Wildman–Crippen LogP) is 2.72. The van der Waals surface area contributed by atoms with E-state index in [9.17, 15) is 17.2 Å². The van der Waals surface area contributed by atoms with Crippen molar-refractivity contribution in [2.45, 2.75) is 17.9 Å². The van der Waals surface area contributed by atoms with E-state index >= 15 is 0 Å². The SMILES string of the molecule is Cc1ccc(F)c(C(N)c2cccc(S(C)(=O)=O)c2)c1F. The molecule has 0 aliphatic rings. The molecule has 0 fully saturated rings. The molecule has 1 atom stereocenters. The smallest absolute Gasteiger partial charge is 0.175 e. The summed E-state index contributed by atoms with van der Waals surface area (Å²) in [6, 6.07) is 7.18. The molecule has 0 saturated heterocycles. The number of rotatable bonds is 3. The van der Waals surface area contributed by atoms with Gasteiger partial charge in [0.15, 0.2) is 9.84 Å². The third-order valence-electron chi connectivity index (χ3n) is 3.28. The van der Waals surface area contributed by atoms with E-state index in [1.807, 2.05) is 0 Å². The average Bonchev–Trinajstić information content (AvgIpc) is 2.42. The Morgan fingerprint density at radius 1 is 1.14 bits per heavy atom. The maximum Gasteiger partial charge on any atom is 0.175 e. The van der Waals surface area contributed by atoms with Gasteiger partial charge in [-0.3, -0.25) is 0 Å². The van der Waals surface area contributed by atoms with Crippen molar-refractivity contribution in [1.82, 2.24) is 0 Å². The molecule has 21 heavy (non-hydrogen) atoms. The third kappa shape index (κ3) is 3.11. The topological polar surface area (TPSA) is 60.2 Å².